The molecular weight excluding hydrogens is 194 g/mol. The largest absolute Gasteiger partial charge is 0.465 e. The Hall–Kier alpha value is -1.22. The number of esters is 1. The van der Waals surface area contributed by atoms with E-state index in [0.717, 1.165) is 0 Å². The number of rotatable bonds is 6. The van der Waals surface area contributed by atoms with Crippen molar-refractivity contribution in [3.8, 4) is 0 Å². The highest BCUT2D eigenvalue weighted by Gasteiger charge is 2.32. The molecule has 0 atom stereocenters. The molecule has 5 nitrogen and oxygen atoms in total. The van der Waals surface area contributed by atoms with E-state index in [1.807, 2.05) is 27.7 Å². The summed E-state index contributed by atoms with van der Waals surface area (Å²) in [7, 11) is 0. The molecule has 0 heterocycles. The smallest absolute Gasteiger partial charge is 0.311 e. The highest BCUT2D eigenvalue weighted by molar-refractivity contribution is 5.76. The Labute approximate surface area is 90.4 Å². The van der Waals surface area contributed by atoms with Crippen molar-refractivity contribution in [3.05, 3.63) is 10.4 Å². The summed E-state index contributed by atoms with van der Waals surface area (Å²) in [4.78, 5) is 14.2. The molecule has 0 fully saturated rings. The van der Waals surface area contributed by atoms with E-state index in [2.05, 4.69) is 10.0 Å². The molecule has 0 amide bonds. The molecule has 0 aromatic carbocycles. The van der Waals surface area contributed by atoms with Gasteiger partial charge in [-0.1, -0.05) is 19.0 Å². The fraction of sp³-hybridized carbons (Fsp3) is 0.900. The van der Waals surface area contributed by atoms with Gasteiger partial charge in [0.2, 0.25) is 0 Å². The van der Waals surface area contributed by atoms with Gasteiger partial charge in [0.15, 0.2) is 0 Å². The Morgan fingerprint density at radius 3 is 2.60 bits per heavy atom. The predicted octanol–water partition coefficient (Wildman–Crippen LogP) is 2.91. The fourth-order valence-electron chi connectivity index (χ4n) is 0.767. The van der Waals surface area contributed by atoms with Crippen LogP contribution in [-0.2, 0) is 9.53 Å². The lowest BCUT2D eigenvalue weighted by molar-refractivity contribution is -0.156. The van der Waals surface area contributed by atoms with Crippen LogP contribution in [0.15, 0.2) is 5.11 Å². The quantitative estimate of drug-likeness (QED) is 0.223. The number of nitrogens with zero attached hydrogens (tertiary/aromatic N) is 3. The van der Waals surface area contributed by atoms with Gasteiger partial charge in [0.25, 0.3) is 0 Å². The van der Waals surface area contributed by atoms with E-state index in [1.54, 1.807) is 0 Å². The van der Waals surface area contributed by atoms with Crippen molar-refractivity contribution in [2.75, 3.05) is 13.2 Å². The molecule has 0 aliphatic rings. The summed E-state index contributed by atoms with van der Waals surface area (Å²) in [6.07, 6.45) is 0.573. The maximum Gasteiger partial charge on any atom is 0.311 e. The van der Waals surface area contributed by atoms with Crippen molar-refractivity contribution in [2.24, 2.45) is 16.4 Å². The van der Waals surface area contributed by atoms with Crippen LogP contribution in [0.2, 0.25) is 0 Å². The van der Waals surface area contributed by atoms with Crippen LogP contribution in [0.4, 0.5) is 0 Å². The fourth-order valence-corrected chi connectivity index (χ4v) is 0.767. The number of carbonyl (C=O) groups excluding carboxylic acids is 1. The first-order valence-electron chi connectivity index (χ1n) is 5.11. The van der Waals surface area contributed by atoms with E-state index in [-0.39, 0.29) is 11.9 Å². The van der Waals surface area contributed by atoms with Crippen LogP contribution in [0, 0.1) is 11.3 Å². The molecule has 0 bridgehead atoms. The van der Waals surface area contributed by atoms with E-state index in [4.69, 9.17) is 10.3 Å². The molecule has 15 heavy (non-hydrogen) atoms. The molecule has 0 radical (unpaired) electrons. The summed E-state index contributed by atoms with van der Waals surface area (Å²) in [5.74, 6) is 0.0422. The molecule has 0 N–H and O–H groups in total. The van der Waals surface area contributed by atoms with Gasteiger partial charge in [-0.25, -0.2) is 0 Å². The summed E-state index contributed by atoms with van der Waals surface area (Å²) in [6, 6.07) is 0. The van der Waals surface area contributed by atoms with Crippen molar-refractivity contribution in [1.29, 1.82) is 0 Å². The maximum atomic E-state index is 11.6. The Morgan fingerprint density at radius 2 is 2.13 bits per heavy atom. The second kappa shape index (κ2) is 6.30. The van der Waals surface area contributed by atoms with Crippen molar-refractivity contribution in [3.63, 3.8) is 0 Å². The van der Waals surface area contributed by atoms with E-state index in [9.17, 15) is 4.79 Å². The molecule has 0 unspecified atom stereocenters. The van der Waals surface area contributed by atoms with Crippen molar-refractivity contribution in [2.45, 2.75) is 34.1 Å². The summed E-state index contributed by atoms with van der Waals surface area (Å²) < 4.78 is 5.09. The minimum absolute atomic E-state index is 0.196. The average molecular weight is 213 g/mol. The third kappa shape index (κ3) is 4.70. The Bertz CT molecular complexity index is 255. The second-order valence-electron chi connectivity index (χ2n) is 4.32. The minimum atomic E-state index is -0.460. The molecular formula is C10H19N3O2. The average Bonchev–Trinajstić information content (AvgIpc) is 2.16. The number of carbonyl (C=O) groups is 1. The molecule has 0 aromatic rings. The van der Waals surface area contributed by atoms with Crippen molar-refractivity contribution >= 4 is 5.97 Å². The molecule has 0 rings (SSSR count). The van der Waals surface area contributed by atoms with Gasteiger partial charge in [-0.15, -0.1) is 0 Å². The van der Waals surface area contributed by atoms with Crippen LogP contribution in [0.25, 0.3) is 10.4 Å². The van der Waals surface area contributed by atoms with E-state index >= 15 is 0 Å². The van der Waals surface area contributed by atoms with Crippen LogP contribution in [0.1, 0.15) is 34.1 Å². The van der Waals surface area contributed by atoms with Gasteiger partial charge >= 0.3 is 5.97 Å². The first kappa shape index (κ1) is 13.8. The maximum absolute atomic E-state index is 11.6. The van der Waals surface area contributed by atoms with E-state index < -0.39 is 5.41 Å². The van der Waals surface area contributed by atoms with Crippen LogP contribution >= 0.6 is 0 Å². The first-order valence-corrected chi connectivity index (χ1v) is 5.11. The van der Waals surface area contributed by atoms with Crippen molar-refractivity contribution in [1.82, 2.24) is 0 Å². The number of azide groups is 1. The van der Waals surface area contributed by atoms with Crippen LogP contribution in [0.3, 0.4) is 0 Å². The summed E-state index contributed by atoms with van der Waals surface area (Å²) in [5, 5.41) is 3.36. The van der Waals surface area contributed by atoms with Gasteiger partial charge < -0.3 is 4.74 Å². The van der Waals surface area contributed by atoms with Crippen LogP contribution in [-0.4, -0.2) is 19.1 Å². The summed E-state index contributed by atoms with van der Waals surface area (Å²) in [5.41, 5.74) is 7.57. The Kier molecular flexibility index (Phi) is 5.79. The SMILES string of the molecule is CC(C)C(C)(C)C(=O)OCCCN=[N+]=[N-]. The zero-order valence-electron chi connectivity index (χ0n) is 9.86. The van der Waals surface area contributed by atoms with E-state index in [0.29, 0.717) is 19.6 Å². The predicted molar refractivity (Wildman–Crippen MR) is 58.2 cm³/mol. The molecule has 0 saturated carbocycles. The van der Waals surface area contributed by atoms with Gasteiger partial charge in [0.05, 0.1) is 12.0 Å². The monoisotopic (exact) mass is 213 g/mol. The second-order valence-corrected chi connectivity index (χ2v) is 4.32. The normalized spacial score (nSPS) is 11.0. The lowest BCUT2D eigenvalue weighted by atomic mass is 9.81. The number of ether oxygens (including phenoxy) is 1. The van der Waals surface area contributed by atoms with Crippen LogP contribution in [0.5, 0.6) is 0 Å². The van der Waals surface area contributed by atoms with Gasteiger partial charge in [0, 0.05) is 11.5 Å². The van der Waals surface area contributed by atoms with Crippen molar-refractivity contribution < 1.29 is 9.53 Å². The lowest BCUT2D eigenvalue weighted by Gasteiger charge is -2.26. The highest BCUT2D eigenvalue weighted by Crippen LogP contribution is 2.27. The topological polar surface area (TPSA) is 75.1 Å². The minimum Gasteiger partial charge on any atom is -0.465 e. The molecule has 0 aromatic heterocycles. The van der Waals surface area contributed by atoms with Gasteiger partial charge in [-0.2, -0.15) is 0 Å². The summed E-state index contributed by atoms with van der Waals surface area (Å²) in [6.45, 7) is 8.39. The number of hydrogen-bond donors (Lipinski definition) is 0. The molecule has 0 aliphatic carbocycles. The molecule has 0 spiro atoms. The van der Waals surface area contributed by atoms with Gasteiger partial charge in [0.1, 0.15) is 0 Å². The zero-order valence-corrected chi connectivity index (χ0v) is 9.86. The molecule has 0 saturated heterocycles. The standard InChI is InChI=1S/C10H19N3O2/c1-8(2)10(3,4)9(14)15-7-5-6-12-13-11/h8H,5-7H2,1-4H3. The highest BCUT2D eigenvalue weighted by atomic mass is 16.5. The van der Waals surface area contributed by atoms with E-state index in [1.165, 1.54) is 0 Å². The molecule has 5 heteroatoms. The molecule has 86 valence electrons. The lowest BCUT2D eigenvalue weighted by Crippen LogP contribution is -2.32. The third-order valence-corrected chi connectivity index (χ3v) is 2.67. The van der Waals surface area contributed by atoms with Crippen LogP contribution < -0.4 is 0 Å². The Morgan fingerprint density at radius 1 is 1.53 bits per heavy atom. The molecule has 0 aliphatic heterocycles. The van der Waals surface area contributed by atoms with Gasteiger partial charge in [-0.05, 0) is 31.7 Å². The third-order valence-electron chi connectivity index (χ3n) is 2.67. The van der Waals surface area contributed by atoms with Gasteiger partial charge in [-0.3, -0.25) is 4.79 Å². The first-order chi connectivity index (χ1) is 6.92. The zero-order chi connectivity index (χ0) is 11.9. The Balaban J connectivity index is 3.88. The number of hydrogen-bond acceptors (Lipinski definition) is 3. The summed E-state index contributed by atoms with van der Waals surface area (Å²) >= 11 is 0.